The average Bonchev–Trinajstić information content (AvgIpc) is 2.77. The molecule has 2 aromatic rings. The summed E-state index contributed by atoms with van der Waals surface area (Å²) in [6.45, 7) is 7.77. The molecule has 0 radical (unpaired) electrons. The molecule has 1 aromatic carbocycles. The van der Waals surface area contributed by atoms with E-state index < -0.39 is 0 Å². The number of aromatic nitrogens is 2. The van der Waals surface area contributed by atoms with Gasteiger partial charge in [-0.1, -0.05) is 12.1 Å². The molecule has 0 saturated carbocycles. The SMILES string of the molecule is CCNC(=O)Cc1c(C)nc(C2CCCN(C(=O)Cc3ccc(OC)cc3)C2)nc1C. The monoisotopic (exact) mass is 424 g/mol. The van der Waals surface area contributed by atoms with Gasteiger partial charge in [-0.25, -0.2) is 9.97 Å². The van der Waals surface area contributed by atoms with Crippen LogP contribution in [0.15, 0.2) is 24.3 Å². The molecule has 3 rings (SSSR count). The number of aryl methyl sites for hydroxylation is 2. The molecule has 31 heavy (non-hydrogen) atoms. The third-order valence-electron chi connectivity index (χ3n) is 5.80. The number of carbonyl (C=O) groups is 2. The topological polar surface area (TPSA) is 84.4 Å². The van der Waals surface area contributed by atoms with Crippen LogP contribution in [0.3, 0.4) is 0 Å². The molecule has 1 atom stereocenters. The summed E-state index contributed by atoms with van der Waals surface area (Å²) in [5.74, 6) is 1.78. The minimum absolute atomic E-state index is 0.0157. The second-order valence-electron chi connectivity index (χ2n) is 8.07. The van der Waals surface area contributed by atoms with E-state index in [1.807, 2.05) is 49.9 Å². The Kier molecular flexibility index (Phi) is 7.60. The van der Waals surface area contributed by atoms with E-state index in [2.05, 4.69) is 5.32 Å². The van der Waals surface area contributed by atoms with Crippen molar-refractivity contribution in [2.24, 2.45) is 0 Å². The first-order valence-corrected chi connectivity index (χ1v) is 10.9. The Morgan fingerprint density at radius 2 is 1.81 bits per heavy atom. The zero-order valence-corrected chi connectivity index (χ0v) is 18.9. The van der Waals surface area contributed by atoms with Crippen LogP contribution in [0.1, 0.15) is 54.0 Å². The Labute approximate surface area is 184 Å². The summed E-state index contributed by atoms with van der Waals surface area (Å²) in [5, 5.41) is 2.83. The van der Waals surface area contributed by atoms with Crippen LogP contribution in [0.5, 0.6) is 5.75 Å². The Morgan fingerprint density at radius 1 is 1.13 bits per heavy atom. The number of amides is 2. The number of rotatable bonds is 7. The molecule has 2 amide bonds. The van der Waals surface area contributed by atoms with Crippen molar-refractivity contribution in [3.63, 3.8) is 0 Å². The molecule has 0 aliphatic carbocycles. The predicted molar refractivity (Wildman–Crippen MR) is 119 cm³/mol. The van der Waals surface area contributed by atoms with Crippen LogP contribution in [0.4, 0.5) is 0 Å². The van der Waals surface area contributed by atoms with Crippen LogP contribution in [0, 0.1) is 13.8 Å². The Hall–Kier alpha value is -2.96. The molecule has 1 saturated heterocycles. The van der Waals surface area contributed by atoms with Gasteiger partial charge in [-0.05, 0) is 51.3 Å². The number of methoxy groups -OCH3 is 1. The molecule has 0 spiro atoms. The number of piperidine rings is 1. The van der Waals surface area contributed by atoms with Crippen LogP contribution < -0.4 is 10.1 Å². The van der Waals surface area contributed by atoms with Gasteiger partial charge in [0.05, 0.1) is 20.0 Å². The van der Waals surface area contributed by atoms with Crippen LogP contribution in [0.2, 0.25) is 0 Å². The molecule has 1 N–H and O–H groups in total. The maximum atomic E-state index is 12.9. The fourth-order valence-electron chi connectivity index (χ4n) is 4.07. The van der Waals surface area contributed by atoms with Crippen LogP contribution in [-0.2, 0) is 22.4 Å². The maximum Gasteiger partial charge on any atom is 0.227 e. The predicted octanol–water partition coefficient (Wildman–Crippen LogP) is 2.73. The van der Waals surface area contributed by atoms with Gasteiger partial charge < -0.3 is 15.0 Å². The molecule has 0 bridgehead atoms. The summed E-state index contributed by atoms with van der Waals surface area (Å²) in [7, 11) is 1.63. The number of likely N-dealkylation sites (N-methyl/N-ethyl adjacent to an activating group) is 1. The second-order valence-corrected chi connectivity index (χ2v) is 8.07. The highest BCUT2D eigenvalue weighted by Gasteiger charge is 2.27. The summed E-state index contributed by atoms with van der Waals surface area (Å²) >= 11 is 0. The minimum Gasteiger partial charge on any atom is -0.497 e. The number of benzene rings is 1. The molecule has 1 aliphatic rings. The van der Waals surface area contributed by atoms with E-state index in [0.29, 0.717) is 25.9 Å². The molecule has 1 aromatic heterocycles. The number of hydrogen-bond donors (Lipinski definition) is 1. The van der Waals surface area contributed by atoms with Gasteiger partial charge in [0, 0.05) is 42.5 Å². The standard InChI is InChI=1S/C24H32N4O3/c1-5-25-22(29)14-21-16(2)26-24(27-17(21)3)19-7-6-12-28(15-19)23(30)13-18-8-10-20(31-4)11-9-18/h8-11,19H,5-7,12-15H2,1-4H3,(H,25,29). The van der Waals surface area contributed by atoms with Gasteiger partial charge in [0.2, 0.25) is 11.8 Å². The molecular formula is C24H32N4O3. The van der Waals surface area contributed by atoms with Crippen molar-refractivity contribution in [1.29, 1.82) is 0 Å². The van der Waals surface area contributed by atoms with Crippen molar-refractivity contribution in [3.8, 4) is 5.75 Å². The normalized spacial score (nSPS) is 16.1. The van der Waals surface area contributed by atoms with Crippen molar-refractivity contribution in [2.45, 2.75) is 52.4 Å². The molecule has 1 unspecified atom stereocenters. The highest BCUT2D eigenvalue weighted by Crippen LogP contribution is 2.26. The van der Waals surface area contributed by atoms with Crippen LogP contribution in [-0.4, -0.2) is 53.4 Å². The number of nitrogens with one attached hydrogen (secondary N) is 1. The quantitative estimate of drug-likeness (QED) is 0.739. The smallest absolute Gasteiger partial charge is 0.227 e. The fraction of sp³-hybridized carbons (Fsp3) is 0.500. The highest BCUT2D eigenvalue weighted by molar-refractivity contribution is 5.79. The van der Waals surface area contributed by atoms with Gasteiger partial charge in [-0.3, -0.25) is 9.59 Å². The zero-order valence-electron chi connectivity index (χ0n) is 18.9. The number of hydrogen-bond acceptors (Lipinski definition) is 5. The minimum atomic E-state index is -0.0157. The summed E-state index contributed by atoms with van der Waals surface area (Å²) in [4.78, 5) is 36.2. The van der Waals surface area contributed by atoms with E-state index in [9.17, 15) is 9.59 Å². The van der Waals surface area contributed by atoms with Crippen molar-refractivity contribution in [1.82, 2.24) is 20.2 Å². The Morgan fingerprint density at radius 3 is 2.42 bits per heavy atom. The number of carbonyl (C=O) groups excluding carboxylic acids is 2. The number of nitrogens with zero attached hydrogens (tertiary/aromatic N) is 3. The van der Waals surface area contributed by atoms with Gasteiger partial charge in [0.1, 0.15) is 11.6 Å². The lowest BCUT2D eigenvalue weighted by molar-refractivity contribution is -0.131. The van der Waals surface area contributed by atoms with Crippen molar-refractivity contribution < 1.29 is 14.3 Å². The van der Waals surface area contributed by atoms with Gasteiger partial charge >= 0.3 is 0 Å². The Balaban J connectivity index is 1.68. The molecule has 1 fully saturated rings. The molecular weight excluding hydrogens is 392 g/mol. The van der Waals surface area contributed by atoms with Gasteiger partial charge in [-0.15, -0.1) is 0 Å². The molecule has 1 aliphatic heterocycles. The summed E-state index contributed by atoms with van der Waals surface area (Å²) in [5.41, 5.74) is 3.55. The zero-order chi connectivity index (χ0) is 22.4. The van der Waals surface area contributed by atoms with Crippen molar-refractivity contribution in [3.05, 3.63) is 52.6 Å². The summed E-state index contributed by atoms with van der Waals surface area (Å²) in [6, 6.07) is 7.62. The molecule has 7 heteroatoms. The van der Waals surface area contributed by atoms with E-state index in [4.69, 9.17) is 14.7 Å². The van der Waals surface area contributed by atoms with Gasteiger partial charge in [0.25, 0.3) is 0 Å². The molecule has 166 valence electrons. The lowest BCUT2D eigenvalue weighted by Crippen LogP contribution is -2.40. The van der Waals surface area contributed by atoms with E-state index >= 15 is 0 Å². The Bertz CT molecular complexity index is 904. The second kappa shape index (κ2) is 10.4. The fourth-order valence-corrected chi connectivity index (χ4v) is 4.07. The van der Waals surface area contributed by atoms with Crippen molar-refractivity contribution in [2.75, 3.05) is 26.7 Å². The number of ether oxygens (including phenoxy) is 1. The van der Waals surface area contributed by atoms with E-state index in [1.54, 1.807) is 7.11 Å². The van der Waals surface area contributed by atoms with E-state index in [1.165, 1.54) is 0 Å². The van der Waals surface area contributed by atoms with Gasteiger partial charge in [-0.2, -0.15) is 0 Å². The largest absolute Gasteiger partial charge is 0.497 e. The lowest BCUT2D eigenvalue weighted by Gasteiger charge is -2.32. The van der Waals surface area contributed by atoms with E-state index in [0.717, 1.165) is 53.5 Å². The average molecular weight is 425 g/mol. The van der Waals surface area contributed by atoms with Gasteiger partial charge in [0.15, 0.2) is 0 Å². The highest BCUT2D eigenvalue weighted by atomic mass is 16.5. The van der Waals surface area contributed by atoms with Crippen LogP contribution >= 0.6 is 0 Å². The van der Waals surface area contributed by atoms with Crippen molar-refractivity contribution >= 4 is 11.8 Å². The van der Waals surface area contributed by atoms with E-state index in [-0.39, 0.29) is 17.7 Å². The maximum absolute atomic E-state index is 12.9. The first kappa shape index (κ1) is 22.7. The summed E-state index contributed by atoms with van der Waals surface area (Å²) < 4.78 is 5.18. The first-order chi connectivity index (χ1) is 14.9. The van der Waals surface area contributed by atoms with Crippen LogP contribution in [0.25, 0.3) is 0 Å². The molecule has 7 nitrogen and oxygen atoms in total. The third-order valence-corrected chi connectivity index (χ3v) is 5.80. The summed E-state index contributed by atoms with van der Waals surface area (Å²) in [6.07, 6.45) is 2.56. The lowest BCUT2D eigenvalue weighted by atomic mass is 9.95. The first-order valence-electron chi connectivity index (χ1n) is 10.9. The number of likely N-dealkylation sites (tertiary alicyclic amines) is 1. The molecule has 2 heterocycles. The third kappa shape index (κ3) is 5.81.